The maximum absolute atomic E-state index is 6.10. The number of halogens is 1. The van der Waals surface area contributed by atoms with Gasteiger partial charge in [-0.3, -0.25) is 0 Å². The molecule has 108 valence electrons. The molecule has 2 atom stereocenters. The van der Waals surface area contributed by atoms with Gasteiger partial charge in [-0.2, -0.15) is 0 Å². The quantitative estimate of drug-likeness (QED) is 0.797. The second kappa shape index (κ2) is 5.92. The summed E-state index contributed by atoms with van der Waals surface area (Å²) in [4.78, 5) is 4.49. The fourth-order valence-corrected chi connectivity index (χ4v) is 3.96. The van der Waals surface area contributed by atoms with Crippen molar-refractivity contribution in [2.75, 3.05) is 5.73 Å². The first kappa shape index (κ1) is 14.2. The summed E-state index contributed by atoms with van der Waals surface area (Å²) in [6.07, 6.45) is 6.79. The van der Waals surface area contributed by atoms with E-state index in [4.69, 9.17) is 5.73 Å². The van der Waals surface area contributed by atoms with Crippen molar-refractivity contribution in [2.24, 2.45) is 11.8 Å². The summed E-state index contributed by atoms with van der Waals surface area (Å²) in [6.45, 7) is 3.38. The van der Waals surface area contributed by atoms with Gasteiger partial charge in [0, 0.05) is 10.1 Å². The Labute approximate surface area is 134 Å². The summed E-state index contributed by atoms with van der Waals surface area (Å²) in [5.74, 6) is 2.41. The first-order valence-corrected chi connectivity index (χ1v) is 8.62. The average Bonchev–Trinajstić information content (AvgIpc) is 2.71. The highest BCUT2D eigenvalue weighted by Gasteiger charge is 2.19. The van der Waals surface area contributed by atoms with Crippen LogP contribution in [0.1, 0.15) is 39.0 Å². The molecule has 4 heteroatoms. The van der Waals surface area contributed by atoms with Crippen LogP contribution in [0.3, 0.4) is 0 Å². The van der Waals surface area contributed by atoms with Crippen LogP contribution in [0.15, 0.2) is 18.2 Å². The Morgan fingerprint density at radius 3 is 3.05 bits per heavy atom. The van der Waals surface area contributed by atoms with Gasteiger partial charge in [0.2, 0.25) is 5.95 Å². The predicted molar refractivity (Wildman–Crippen MR) is 92.6 cm³/mol. The molecule has 0 aliphatic heterocycles. The smallest absolute Gasteiger partial charge is 0.201 e. The van der Waals surface area contributed by atoms with E-state index >= 15 is 0 Å². The zero-order valence-electron chi connectivity index (χ0n) is 12.0. The lowest BCUT2D eigenvalue weighted by Gasteiger charge is -2.26. The van der Waals surface area contributed by atoms with Crippen molar-refractivity contribution in [1.82, 2.24) is 9.55 Å². The molecule has 0 saturated heterocycles. The second-order valence-electron chi connectivity index (χ2n) is 6.18. The fraction of sp³-hybridized carbons (Fsp3) is 0.562. The number of benzene rings is 1. The van der Waals surface area contributed by atoms with Gasteiger partial charge in [0.05, 0.1) is 11.0 Å². The van der Waals surface area contributed by atoms with Crippen molar-refractivity contribution in [3.8, 4) is 0 Å². The third-order valence-corrected chi connectivity index (χ3v) is 5.22. The molecule has 1 aromatic carbocycles. The van der Waals surface area contributed by atoms with Gasteiger partial charge in [0.1, 0.15) is 0 Å². The number of aromatic nitrogens is 2. The molecule has 0 amide bonds. The van der Waals surface area contributed by atoms with Crippen LogP contribution in [0, 0.1) is 15.4 Å². The highest BCUT2D eigenvalue weighted by atomic mass is 127. The van der Waals surface area contributed by atoms with E-state index in [2.05, 4.69) is 57.3 Å². The zero-order chi connectivity index (χ0) is 14.1. The van der Waals surface area contributed by atoms with E-state index in [0.29, 0.717) is 5.95 Å². The molecule has 1 saturated carbocycles. The number of nitrogens with two attached hydrogens (primary N) is 1. The van der Waals surface area contributed by atoms with E-state index in [1.165, 1.54) is 41.2 Å². The standard InChI is InChI=1S/C16H22IN3/c1-11-3-2-4-12(9-11)7-8-20-15-6-5-13(17)10-14(15)19-16(20)18/h5-6,10-12H,2-4,7-9H2,1H3,(H2,18,19). The summed E-state index contributed by atoms with van der Waals surface area (Å²) in [5, 5.41) is 0. The summed E-state index contributed by atoms with van der Waals surface area (Å²) in [6, 6.07) is 6.37. The van der Waals surface area contributed by atoms with E-state index in [-0.39, 0.29) is 0 Å². The van der Waals surface area contributed by atoms with Crippen LogP contribution >= 0.6 is 22.6 Å². The van der Waals surface area contributed by atoms with Crippen molar-refractivity contribution in [2.45, 2.75) is 45.6 Å². The zero-order valence-corrected chi connectivity index (χ0v) is 14.1. The van der Waals surface area contributed by atoms with Crippen molar-refractivity contribution in [3.05, 3.63) is 21.8 Å². The first-order valence-electron chi connectivity index (χ1n) is 7.54. The summed E-state index contributed by atoms with van der Waals surface area (Å²) < 4.78 is 3.39. The Morgan fingerprint density at radius 2 is 2.25 bits per heavy atom. The molecule has 1 heterocycles. The lowest BCUT2D eigenvalue weighted by Crippen LogP contribution is -2.15. The predicted octanol–water partition coefficient (Wildman–Crippen LogP) is 4.44. The average molecular weight is 383 g/mol. The summed E-state index contributed by atoms with van der Waals surface area (Å²) in [7, 11) is 0. The number of fused-ring (bicyclic) bond motifs is 1. The Balaban J connectivity index is 1.75. The van der Waals surface area contributed by atoms with Gasteiger partial charge in [0.15, 0.2) is 0 Å². The molecule has 0 spiro atoms. The highest BCUT2D eigenvalue weighted by Crippen LogP contribution is 2.31. The second-order valence-corrected chi connectivity index (χ2v) is 7.43. The number of imidazole rings is 1. The molecule has 0 bridgehead atoms. The summed E-state index contributed by atoms with van der Waals surface area (Å²) >= 11 is 2.32. The number of rotatable bonds is 3. The van der Waals surface area contributed by atoms with E-state index in [1.807, 2.05) is 0 Å². The van der Waals surface area contributed by atoms with Crippen LogP contribution in [0.2, 0.25) is 0 Å². The molecule has 2 N–H and O–H groups in total. The Morgan fingerprint density at radius 1 is 1.40 bits per heavy atom. The number of hydrogen-bond donors (Lipinski definition) is 1. The van der Waals surface area contributed by atoms with Gasteiger partial charge in [-0.05, 0) is 65.5 Å². The van der Waals surface area contributed by atoms with Crippen LogP contribution in [0.4, 0.5) is 5.95 Å². The van der Waals surface area contributed by atoms with Crippen LogP contribution in [-0.2, 0) is 6.54 Å². The first-order chi connectivity index (χ1) is 9.63. The molecular formula is C16H22IN3. The van der Waals surface area contributed by atoms with Gasteiger partial charge < -0.3 is 10.3 Å². The SMILES string of the molecule is CC1CCCC(CCn2c(N)nc3cc(I)ccc32)C1. The Kier molecular flexibility index (Phi) is 4.19. The number of aryl methyl sites for hydroxylation is 1. The van der Waals surface area contributed by atoms with Crippen LogP contribution in [0.5, 0.6) is 0 Å². The van der Waals surface area contributed by atoms with Gasteiger partial charge in [-0.1, -0.05) is 26.2 Å². The molecule has 1 aliphatic rings. The van der Waals surface area contributed by atoms with Crippen LogP contribution in [-0.4, -0.2) is 9.55 Å². The lowest BCUT2D eigenvalue weighted by atomic mass is 9.81. The number of anilines is 1. The Hall–Kier alpha value is -0.780. The molecule has 2 unspecified atom stereocenters. The lowest BCUT2D eigenvalue weighted by molar-refractivity contribution is 0.262. The van der Waals surface area contributed by atoms with E-state index < -0.39 is 0 Å². The topological polar surface area (TPSA) is 43.8 Å². The van der Waals surface area contributed by atoms with E-state index in [0.717, 1.165) is 23.9 Å². The van der Waals surface area contributed by atoms with Gasteiger partial charge in [-0.25, -0.2) is 4.98 Å². The maximum Gasteiger partial charge on any atom is 0.201 e. The minimum atomic E-state index is 0.658. The molecule has 3 rings (SSSR count). The maximum atomic E-state index is 6.10. The van der Waals surface area contributed by atoms with Gasteiger partial charge in [0.25, 0.3) is 0 Å². The summed E-state index contributed by atoms with van der Waals surface area (Å²) in [5.41, 5.74) is 8.29. The monoisotopic (exact) mass is 383 g/mol. The van der Waals surface area contributed by atoms with Crippen molar-refractivity contribution in [3.63, 3.8) is 0 Å². The minimum absolute atomic E-state index is 0.658. The molecule has 3 nitrogen and oxygen atoms in total. The van der Waals surface area contributed by atoms with Gasteiger partial charge >= 0.3 is 0 Å². The third-order valence-electron chi connectivity index (χ3n) is 4.55. The number of nitrogens with zero attached hydrogens (tertiary/aromatic N) is 2. The van der Waals surface area contributed by atoms with Crippen molar-refractivity contribution >= 4 is 39.6 Å². The molecule has 0 radical (unpaired) electrons. The number of hydrogen-bond acceptors (Lipinski definition) is 2. The van der Waals surface area contributed by atoms with Crippen LogP contribution < -0.4 is 5.73 Å². The normalized spacial score (nSPS) is 23.3. The van der Waals surface area contributed by atoms with Crippen molar-refractivity contribution < 1.29 is 0 Å². The van der Waals surface area contributed by atoms with Crippen molar-refractivity contribution in [1.29, 1.82) is 0 Å². The largest absolute Gasteiger partial charge is 0.369 e. The molecule has 20 heavy (non-hydrogen) atoms. The molecule has 2 aromatic rings. The minimum Gasteiger partial charge on any atom is -0.369 e. The number of nitrogen functional groups attached to an aromatic ring is 1. The van der Waals surface area contributed by atoms with Gasteiger partial charge in [-0.15, -0.1) is 0 Å². The molecular weight excluding hydrogens is 361 g/mol. The molecule has 1 fully saturated rings. The van der Waals surface area contributed by atoms with E-state index in [1.54, 1.807) is 0 Å². The third kappa shape index (κ3) is 2.95. The Bertz CT molecular complexity index is 605. The molecule has 1 aliphatic carbocycles. The van der Waals surface area contributed by atoms with Crippen LogP contribution in [0.25, 0.3) is 11.0 Å². The highest BCUT2D eigenvalue weighted by molar-refractivity contribution is 14.1. The van der Waals surface area contributed by atoms with E-state index in [9.17, 15) is 0 Å². The fourth-order valence-electron chi connectivity index (χ4n) is 3.49. The molecule has 1 aromatic heterocycles.